The molecule has 1 atom stereocenters. The van der Waals surface area contributed by atoms with Gasteiger partial charge in [-0.3, -0.25) is 24.7 Å². The Morgan fingerprint density at radius 2 is 1.81 bits per heavy atom. The molecule has 10 heteroatoms. The molecule has 2 saturated heterocycles. The lowest BCUT2D eigenvalue weighted by Crippen LogP contribution is -2.51. The lowest BCUT2D eigenvalue weighted by molar-refractivity contribution is -0.384. The monoisotopic (exact) mass is 428 g/mol. The van der Waals surface area contributed by atoms with Crippen molar-refractivity contribution in [2.45, 2.75) is 38.8 Å². The largest absolute Gasteiger partial charge is 0.419 e. The number of benzene rings is 1. The van der Waals surface area contributed by atoms with Gasteiger partial charge in [0.2, 0.25) is 17.7 Å². The van der Waals surface area contributed by atoms with E-state index in [1.807, 2.05) is 4.90 Å². The van der Waals surface area contributed by atoms with Crippen LogP contribution in [0.5, 0.6) is 0 Å². The maximum atomic E-state index is 12.6. The van der Waals surface area contributed by atoms with Crippen molar-refractivity contribution < 1.29 is 14.1 Å². The first kappa shape index (κ1) is 21.4. The molecule has 0 N–H and O–H groups in total. The molecule has 3 heterocycles. The number of piperidine rings is 1. The molecule has 4 rings (SSSR count). The van der Waals surface area contributed by atoms with Crippen LogP contribution in [-0.2, 0) is 11.3 Å². The van der Waals surface area contributed by atoms with E-state index in [2.05, 4.69) is 26.9 Å². The zero-order valence-electron chi connectivity index (χ0n) is 17.8. The van der Waals surface area contributed by atoms with E-state index in [1.54, 1.807) is 12.1 Å². The standard InChI is InChI=1S/C21H28N6O4/c1-16-4-2-3-9-26(16)20(28)15-25-12-10-24(11-13-25)14-19-22-23-21(31-19)17-5-7-18(8-6-17)27(29)30/h5-8,16H,2-4,9-15H2,1H3. The van der Waals surface area contributed by atoms with E-state index in [0.29, 0.717) is 36.5 Å². The van der Waals surface area contributed by atoms with Crippen LogP contribution in [0.1, 0.15) is 32.1 Å². The van der Waals surface area contributed by atoms with Gasteiger partial charge in [0, 0.05) is 56.5 Å². The SMILES string of the molecule is CC1CCCCN1C(=O)CN1CCN(Cc2nnc(-c3ccc([N+](=O)[O-])cc3)o2)CC1. The van der Waals surface area contributed by atoms with E-state index >= 15 is 0 Å². The number of likely N-dealkylation sites (tertiary alicyclic amines) is 1. The molecule has 2 fully saturated rings. The summed E-state index contributed by atoms with van der Waals surface area (Å²) in [5.74, 6) is 1.11. The Labute approximate surface area is 181 Å². The fourth-order valence-corrected chi connectivity index (χ4v) is 4.21. The third-order valence-corrected chi connectivity index (χ3v) is 6.10. The summed E-state index contributed by atoms with van der Waals surface area (Å²) in [6, 6.07) is 6.40. The van der Waals surface area contributed by atoms with Crippen LogP contribution in [0.15, 0.2) is 28.7 Å². The van der Waals surface area contributed by atoms with Gasteiger partial charge >= 0.3 is 0 Å². The summed E-state index contributed by atoms with van der Waals surface area (Å²) in [5.41, 5.74) is 0.675. The van der Waals surface area contributed by atoms with Crippen molar-refractivity contribution in [1.29, 1.82) is 0 Å². The zero-order valence-corrected chi connectivity index (χ0v) is 17.8. The van der Waals surface area contributed by atoms with Crippen LogP contribution in [0.4, 0.5) is 5.69 Å². The predicted octanol–water partition coefficient (Wildman–Crippen LogP) is 2.16. The number of hydrogen-bond donors (Lipinski definition) is 0. The highest BCUT2D eigenvalue weighted by atomic mass is 16.6. The Morgan fingerprint density at radius 3 is 2.48 bits per heavy atom. The highest BCUT2D eigenvalue weighted by Crippen LogP contribution is 2.22. The summed E-state index contributed by atoms with van der Waals surface area (Å²) >= 11 is 0. The Kier molecular flexibility index (Phi) is 6.57. The summed E-state index contributed by atoms with van der Waals surface area (Å²) in [7, 11) is 0. The summed E-state index contributed by atoms with van der Waals surface area (Å²) < 4.78 is 5.75. The fourth-order valence-electron chi connectivity index (χ4n) is 4.21. The maximum absolute atomic E-state index is 12.6. The van der Waals surface area contributed by atoms with Crippen molar-refractivity contribution in [3.63, 3.8) is 0 Å². The van der Waals surface area contributed by atoms with E-state index in [1.165, 1.54) is 18.6 Å². The predicted molar refractivity (Wildman–Crippen MR) is 113 cm³/mol. The fraction of sp³-hybridized carbons (Fsp3) is 0.571. The number of carbonyl (C=O) groups excluding carboxylic acids is 1. The van der Waals surface area contributed by atoms with E-state index in [-0.39, 0.29) is 11.6 Å². The van der Waals surface area contributed by atoms with Crippen LogP contribution < -0.4 is 0 Å². The van der Waals surface area contributed by atoms with Crippen molar-refractivity contribution in [2.75, 3.05) is 39.3 Å². The number of amides is 1. The molecule has 2 aliphatic rings. The third kappa shape index (κ3) is 5.26. The zero-order chi connectivity index (χ0) is 21.8. The van der Waals surface area contributed by atoms with Crippen molar-refractivity contribution in [3.8, 4) is 11.5 Å². The minimum Gasteiger partial charge on any atom is -0.419 e. The molecular weight excluding hydrogens is 400 g/mol. The molecule has 2 aromatic rings. The van der Waals surface area contributed by atoms with Crippen LogP contribution in [-0.4, -0.2) is 81.0 Å². The van der Waals surface area contributed by atoms with Gasteiger partial charge in [0.05, 0.1) is 18.0 Å². The van der Waals surface area contributed by atoms with Crippen molar-refractivity contribution in [2.24, 2.45) is 0 Å². The minimum atomic E-state index is -0.441. The van der Waals surface area contributed by atoms with Crippen LogP contribution in [0.2, 0.25) is 0 Å². The van der Waals surface area contributed by atoms with E-state index < -0.39 is 4.92 Å². The van der Waals surface area contributed by atoms with Crippen LogP contribution >= 0.6 is 0 Å². The van der Waals surface area contributed by atoms with Gasteiger partial charge in [-0.2, -0.15) is 0 Å². The molecule has 0 saturated carbocycles. The van der Waals surface area contributed by atoms with Gasteiger partial charge in [-0.05, 0) is 38.3 Å². The molecule has 10 nitrogen and oxygen atoms in total. The molecule has 0 bridgehead atoms. The van der Waals surface area contributed by atoms with Gasteiger partial charge in [-0.1, -0.05) is 0 Å². The van der Waals surface area contributed by atoms with Crippen molar-refractivity contribution in [3.05, 3.63) is 40.3 Å². The number of carbonyl (C=O) groups is 1. The van der Waals surface area contributed by atoms with E-state index in [9.17, 15) is 14.9 Å². The van der Waals surface area contributed by atoms with Gasteiger partial charge in [0.15, 0.2) is 0 Å². The molecule has 166 valence electrons. The number of nitrogens with zero attached hydrogens (tertiary/aromatic N) is 6. The van der Waals surface area contributed by atoms with Gasteiger partial charge in [-0.15, -0.1) is 10.2 Å². The van der Waals surface area contributed by atoms with Crippen molar-refractivity contribution >= 4 is 11.6 Å². The highest BCUT2D eigenvalue weighted by molar-refractivity contribution is 5.78. The van der Waals surface area contributed by atoms with Gasteiger partial charge in [-0.25, -0.2) is 0 Å². The number of piperazine rings is 1. The van der Waals surface area contributed by atoms with E-state index in [0.717, 1.165) is 45.6 Å². The molecule has 1 aromatic carbocycles. The third-order valence-electron chi connectivity index (χ3n) is 6.10. The Balaban J connectivity index is 1.25. The highest BCUT2D eigenvalue weighted by Gasteiger charge is 2.26. The second kappa shape index (κ2) is 9.52. The lowest BCUT2D eigenvalue weighted by Gasteiger charge is -2.37. The number of rotatable bonds is 6. The van der Waals surface area contributed by atoms with Crippen LogP contribution in [0.25, 0.3) is 11.5 Å². The normalized spacial score (nSPS) is 20.7. The second-order valence-corrected chi connectivity index (χ2v) is 8.29. The molecule has 0 radical (unpaired) electrons. The second-order valence-electron chi connectivity index (χ2n) is 8.29. The molecule has 1 unspecified atom stereocenters. The topological polar surface area (TPSA) is 109 Å². The lowest BCUT2D eigenvalue weighted by atomic mass is 10.0. The summed E-state index contributed by atoms with van der Waals surface area (Å²) in [5, 5.41) is 19.0. The van der Waals surface area contributed by atoms with Crippen LogP contribution in [0.3, 0.4) is 0 Å². The van der Waals surface area contributed by atoms with Gasteiger partial charge in [0.25, 0.3) is 5.69 Å². The summed E-state index contributed by atoms with van der Waals surface area (Å²) in [4.78, 5) is 29.5. The smallest absolute Gasteiger partial charge is 0.269 e. The molecule has 31 heavy (non-hydrogen) atoms. The first-order chi connectivity index (χ1) is 15.0. The Bertz CT molecular complexity index is 907. The number of hydrogen-bond acceptors (Lipinski definition) is 8. The first-order valence-electron chi connectivity index (χ1n) is 10.8. The average Bonchev–Trinajstić information content (AvgIpc) is 3.24. The van der Waals surface area contributed by atoms with Gasteiger partial charge in [0.1, 0.15) is 0 Å². The summed E-state index contributed by atoms with van der Waals surface area (Å²) in [6.07, 6.45) is 3.42. The molecule has 2 aliphatic heterocycles. The minimum absolute atomic E-state index is 0.0228. The van der Waals surface area contributed by atoms with E-state index in [4.69, 9.17) is 4.42 Å². The Hall–Kier alpha value is -2.85. The number of aromatic nitrogens is 2. The number of non-ortho nitro benzene ring substituents is 1. The Morgan fingerprint density at radius 1 is 1.10 bits per heavy atom. The average molecular weight is 428 g/mol. The first-order valence-corrected chi connectivity index (χ1v) is 10.8. The number of nitro benzene ring substituents is 1. The molecule has 0 aliphatic carbocycles. The quantitative estimate of drug-likeness (QED) is 0.509. The molecular formula is C21H28N6O4. The summed E-state index contributed by atoms with van der Waals surface area (Å²) in [6.45, 7) is 7.39. The van der Waals surface area contributed by atoms with Crippen LogP contribution in [0, 0.1) is 10.1 Å². The molecule has 1 aromatic heterocycles. The molecule has 0 spiro atoms. The maximum Gasteiger partial charge on any atom is 0.269 e. The number of nitro groups is 1. The van der Waals surface area contributed by atoms with Crippen molar-refractivity contribution in [1.82, 2.24) is 24.9 Å². The van der Waals surface area contributed by atoms with Gasteiger partial charge < -0.3 is 9.32 Å². The molecule has 1 amide bonds.